The lowest BCUT2D eigenvalue weighted by atomic mass is 10.4. The van der Waals surface area contributed by atoms with Crippen LogP contribution < -0.4 is 10.6 Å². The molecule has 6 nitrogen and oxygen atoms in total. The first-order valence-corrected chi connectivity index (χ1v) is 6.41. The highest BCUT2D eigenvalue weighted by Gasteiger charge is 2.14. The van der Waals surface area contributed by atoms with Crippen LogP contribution in [0.4, 0.5) is 0 Å². The molecular weight excluding hydrogens is 254 g/mol. The molecule has 7 heteroatoms. The molecule has 0 bridgehead atoms. The van der Waals surface area contributed by atoms with E-state index in [0.717, 1.165) is 11.3 Å². The summed E-state index contributed by atoms with van der Waals surface area (Å²) < 4.78 is 0. The molecule has 0 atom stereocenters. The summed E-state index contributed by atoms with van der Waals surface area (Å²) in [6, 6.07) is 0.247. The number of hydrogen-bond donors (Lipinski definition) is 3. The van der Waals surface area contributed by atoms with Gasteiger partial charge >= 0.3 is 5.97 Å². The Morgan fingerprint density at radius 3 is 2.61 bits per heavy atom. The third-order valence-corrected chi connectivity index (χ3v) is 3.29. The van der Waals surface area contributed by atoms with E-state index < -0.39 is 5.97 Å². The van der Waals surface area contributed by atoms with Crippen LogP contribution in [0.2, 0.25) is 0 Å². The molecule has 0 saturated heterocycles. The Hall–Kier alpha value is -1.47. The fourth-order valence-corrected chi connectivity index (χ4v) is 2.10. The van der Waals surface area contributed by atoms with E-state index in [4.69, 9.17) is 5.11 Å². The van der Waals surface area contributed by atoms with E-state index in [9.17, 15) is 9.59 Å². The van der Waals surface area contributed by atoms with Crippen molar-refractivity contribution in [1.29, 1.82) is 0 Å². The normalized spacial score (nSPS) is 10.7. The van der Waals surface area contributed by atoms with E-state index in [1.54, 1.807) is 6.92 Å². The number of amides is 1. The SMILES string of the molecule is Cc1nc(CNC(=O)CNC(C)C)sc1C(=O)O. The zero-order chi connectivity index (χ0) is 13.7. The van der Waals surface area contributed by atoms with Crippen molar-refractivity contribution in [2.45, 2.75) is 33.4 Å². The number of thiazole rings is 1. The minimum absolute atomic E-state index is 0.131. The second-order valence-corrected chi connectivity index (χ2v) is 5.22. The van der Waals surface area contributed by atoms with Crippen LogP contribution in [0, 0.1) is 6.92 Å². The number of carbonyl (C=O) groups is 2. The van der Waals surface area contributed by atoms with Crippen molar-refractivity contribution in [3.05, 3.63) is 15.6 Å². The summed E-state index contributed by atoms with van der Waals surface area (Å²) >= 11 is 1.09. The van der Waals surface area contributed by atoms with E-state index >= 15 is 0 Å². The number of aromatic nitrogens is 1. The average Bonchev–Trinajstić information content (AvgIpc) is 2.65. The van der Waals surface area contributed by atoms with Crippen LogP contribution in [0.25, 0.3) is 0 Å². The van der Waals surface area contributed by atoms with Crippen molar-refractivity contribution in [1.82, 2.24) is 15.6 Å². The van der Waals surface area contributed by atoms with Crippen LogP contribution in [0.3, 0.4) is 0 Å². The maximum atomic E-state index is 11.4. The number of rotatable bonds is 6. The lowest BCUT2D eigenvalue weighted by Crippen LogP contribution is -2.36. The molecule has 1 aromatic heterocycles. The number of carboxylic acids is 1. The third-order valence-electron chi connectivity index (χ3n) is 2.14. The summed E-state index contributed by atoms with van der Waals surface area (Å²) in [4.78, 5) is 26.6. The number of nitrogens with one attached hydrogen (secondary N) is 2. The second-order valence-electron chi connectivity index (χ2n) is 4.14. The van der Waals surface area contributed by atoms with E-state index in [1.165, 1.54) is 0 Å². The fraction of sp³-hybridized carbons (Fsp3) is 0.545. The van der Waals surface area contributed by atoms with Gasteiger partial charge in [-0.1, -0.05) is 13.8 Å². The lowest BCUT2D eigenvalue weighted by Gasteiger charge is -2.07. The van der Waals surface area contributed by atoms with E-state index in [2.05, 4.69) is 15.6 Å². The number of aromatic carboxylic acids is 1. The first-order valence-electron chi connectivity index (χ1n) is 5.59. The molecular formula is C11H17N3O3S. The molecule has 1 amide bonds. The zero-order valence-corrected chi connectivity index (χ0v) is 11.4. The number of carbonyl (C=O) groups excluding carboxylic acids is 1. The van der Waals surface area contributed by atoms with Gasteiger partial charge in [0.2, 0.25) is 5.91 Å². The first-order chi connectivity index (χ1) is 8.40. The third kappa shape index (κ3) is 4.42. The molecule has 0 spiro atoms. The van der Waals surface area contributed by atoms with Gasteiger partial charge in [-0.15, -0.1) is 11.3 Å². The first kappa shape index (κ1) is 14.6. The summed E-state index contributed by atoms with van der Waals surface area (Å²) in [7, 11) is 0. The molecule has 1 rings (SSSR count). The summed E-state index contributed by atoms with van der Waals surface area (Å²) in [5.41, 5.74) is 0.483. The van der Waals surface area contributed by atoms with Crippen LogP contribution in [0.1, 0.15) is 34.2 Å². The Kier molecular flexibility index (Phi) is 5.24. The molecule has 3 N–H and O–H groups in total. The van der Waals surface area contributed by atoms with Crippen molar-refractivity contribution < 1.29 is 14.7 Å². The van der Waals surface area contributed by atoms with E-state index in [1.807, 2.05) is 13.8 Å². The predicted octanol–water partition coefficient (Wildman–Crippen LogP) is 0.764. The number of hydrogen-bond acceptors (Lipinski definition) is 5. The Labute approximate surface area is 109 Å². The highest BCUT2D eigenvalue weighted by molar-refractivity contribution is 7.13. The summed E-state index contributed by atoms with van der Waals surface area (Å²) in [6.07, 6.45) is 0. The Balaban J connectivity index is 2.46. The number of carboxylic acid groups (broad SMARTS) is 1. The van der Waals surface area contributed by atoms with E-state index in [0.29, 0.717) is 10.7 Å². The van der Waals surface area contributed by atoms with Crippen molar-refractivity contribution in [2.75, 3.05) is 6.54 Å². The molecule has 18 heavy (non-hydrogen) atoms. The van der Waals surface area contributed by atoms with Gasteiger partial charge in [-0.05, 0) is 6.92 Å². The van der Waals surface area contributed by atoms with E-state index in [-0.39, 0.29) is 29.9 Å². The lowest BCUT2D eigenvalue weighted by molar-refractivity contribution is -0.120. The van der Waals surface area contributed by atoms with Crippen LogP contribution >= 0.6 is 11.3 Å². The maximum absolute atomic E-state index is 11.4. The summed E-state index contributed by atoms with van der Waals surface area (Å²) in [6.45, 7) is 6.06. The number of nitrogens with zero attached hydrogens (tertiary/aromatic N) is 1. The Morgan fingerprint density at radius 2 is 2.11 bits per heavy atom. The Bertz CT molecular complexity index is 443. The van der Waals surface area contributed by atoms with Crippen molar-refractivity contribution >= 4 is 23.2 Å². The van der Waals surface area contributed by atoms with Gasteiger partial charge in [0.25, 0.3) is 0 Å². The average molecular weight is 271 g/mol. The minimum Gasteiger partial charge on any atom is -0.477 e. The van der Waals surface area contributed by atoms with Crippen LogP contribution in [-0.4, -0.2) is 34.6 Å². The largest absolute Gasteiger partial charge is 0.477 e. The number of aryl methyl sites for hydroxylation is 1. The highest BCUT2D eigenvalue weighted by Crippen LogP contribution is 2.17. The van der Waals surface area contributed by atoms with Gasteiger partial charge in [-0.25, -0.2) is 9.78 Å². The van der Waals surface area contributed by atoms with Gasteiger partial charge in [-0.3, -0.25) is 4.79 Å². The van der Waals surface area contributed by atoms with Crippen LogP contribution in [0.5, 0.6) is 0 Å². The van der Waals surface area contributed by atoms with Gasteiger partial charge in [0.15, 0.2) is 0 Å². The van der Waals surface area contributed by atoms with Gasteiger partial charge < -0.3 is 15.7 Å². The van der Waals surface area contributed by atoms with Gasteiger partial charge in [0, 0.05) is 6.04 Å². The van der Waals surface area contributed by atoms with Crippen molar-refractivity contribution in [3.8, 4) is 0 Å². The fourth-order valence-electron chi connectivity index (χ4n) is 1.26. The topological polar surface area (TPSA) is 91.3 Å². The van der Waals surface area contributed by atoms with Gasteiger partial charge in [-0.2, -0.15) is 0 Å². The molecule has 0 aliphatic heterocycles. The highest BCUT2D eigenvalue weighted by atomic mass is 32.1. The molecule has 0 aromatic carbocycles. The smallest absolute Gasteiger partial charge is 0.347 e. The molecule has 0 saturated carbocycles. The predicted molar refractivity (Wildman–Crippen MR) is 68.8 cm³/mol. The molecule has 0 radical (unpaired) electrons. The van der Waals surface area contributed by atoms with Gasteiger partial charge in [0.05, 0.1) is 18.8 Å². The molecule has 1 aromatic rings. The minimum atomic E-state index is -0.982. The molecule has 0 unspecified atom stereocenters. The Morgan fingerprint density at radius 1 is 1.44 bits per heavy atom. The summed E-state index contributed by atoms with van der Waals surface area (Å²) in [5.74, 6) is -1.11. The van der Waals surface area contributed by atoms with Gasteiger partial charge in [0.1, 0.15) is 9.88 Å². The van der Waals surface area contributed by atoms with Crippen LogP contribution in [-0.2, 0) is 11.3 Å². The molecule has 0 fully saturated rings. The van der Waals surface area contributed by atoms with Crippen molar-refractivity contribution in [2.24, 2.45) is 0 Å². The molecule has 0 aliphatic rings. The standard InChI is InChI=1S/C11H17N3O3S/c1-6(2)12-4-8(15)13-5-9-14-7(3)10(18-9)11(16)17/h6,12H,4-5H2,1-3H3,(H,13,15)(H,16,17). The quantitative estimate of drug-likeness (QED) is 0.710. The maximum Gasteiger partial charge on any atom is 0.347 e. The second kappa shape index (κ2) is 6.46. The van der Waals surface area contributed by atoms with Crippen LogP contribution in [0.15, 0.2) is 0 Å². The summed E-state index contributed by atoms with van der Waals surface area (Å²) in [5, 5.41) is 15.2. The molecule has 1 heterocycles. The molecule has 0 aliphatic carbocycles. The molecule has 100 valence electrons. The van der Waals surface area contributed by atoms with Crippen molar-refractivity contribution in [3.63, 3.8) is 0 Å². The monoisotopic (exact) mass is 271 g/mol. The zero-order valence-electron chi connectivity index (χ0n) is 10.6.